The summed E-state index contributed by atoms with van der Waals surface area (Å²) in [7, 11) is 0. The summed E-state index contributed by atoms with van der Waals surface area (Å²) in [5.41, 5.74) is 2.46. The number of nitrogens with zero attached hydrogens (tertiary/aromatic N) is 3. The van der Waals surface area contributed by atoms with Gasteiger partial charge in [-0.25, -0.2) is 4.98 Å². The minimum atomic E-state index is -0.235. The standard InChI is InChI=1S/C24H20N4O3S/c1-16(29)18-8-10-19(11-9-18)26-22(30)15-32-24-27-21-7-3-2-6-20(21)23(31)28(24)14-17-5-4-12-25-13-17/h2-13H,14-15H2,1H3,(H,26,30). The van der Waals surface area contributed by atoms with Gasteiger partial charge in [0.2, 0.25) is 5.91 Å². The molecular formula is C24H20N4O3S. The number of amides is 1. The molecule has 0 saturated heterocycles. The summed E-state index contributed by atoms with van der Waals surface area (Å²) in [5.74, 6) is -0.194. The van der Waals surface area contributed by atoms with E-state index in [1.165, 1.54) is 18.7 Å². The summed E-state index contributed by atoms with van der Waals surface area (Å²) in [6.07, 6.45) is 3.38. The molecule has 7 nitrogen and oxygen atoms in total. The monoisotopic (exact) mass is 444 g/mol. The molecule has 2 aromatic heterocycles. The third-order valence-corrected chi connectivity index (χ3v) is 5.77. The number of thioether (sulfide) groups is 1. The van der Waals surface area contributed by atoms with Gasteiger partial charge in [-0.2, -0.15) is 0 Å². The normalized spacial score (nSPS) is 10.8. The molecule has 0 radical (unpaired) electrons. The molecule has 2 heterocycles. The van der Waals surface area contributed by atoms with Crippen molar-refractivity contribution in [2.75, 3.05) is 11.1 Å². The van der Waals surface area contributed by atoms with E-state index in [0.717, 1.165) is 5.56 Å². The molecular weight excluding hydrogens is 424 g/mol. The molecule has 2 aromatic carbocycles. The van der Waals surface area contributed by atoms with Crippen LogP contribution < -0.4 is 10.9 Å². The first-order chi connectivity index (χ1) is 15.5. The smallest absolute Gasteiger partial charge is 0.262 e. The number of hydrogen-bond acceptors (Lipinski definition) is 6. The average Bonchev–Trinajstić information content (AvgIpc) is 2.81. The zero-order chi connectivity index (χ0) is 22.5. The molecule has 0 fully saturated rings. The maximum Gasteiger partial charge on any atom is 0.262 e. The van der Waals surface area contributed by atoms with Crippen LogP contribution in [0, 0.1) is 0 Å². The fourth-order valence-corrected chi connectivity index (χ4v) is 3.99. The highest BCUT2D eigenvalue weighted by Gasteiger charge is 2.14. The lowest BCUT2D eigenvalue weighted by atomic mass is 10.1. The predicted octanol–water partition coefficient (Wildman–Crippen LogP) is 3.77. The first-order valence-corrected chi connectivity index (χ1v) is 10.9. The number of fused-ring (bicyclic) bond motifs is 1. The van der Waals surface area contributed by atoms with E-state index in [2.05, 4.69) is 15.3 Å². The minimum absolute atomic E-state index is 0.0348. The molecule has 4 rings (SSSR count). The van der Waals surface area contributed by atoms with Crippen molar-refractivity contribution in [2.24, 2.45) is 0 Å². The molecule has 0 aliphatic rings. The molecule has 0 unspecified atom stereocenters. The van der Waals surface area contributed by atoms with Gasteiger partial charge in [0.1, 0.15) is 0 Å². The second-order valence-electron chi connectivity index (χ2n) is 7.13. The fraction of sp³-hybridized carbons (Fsp3) is 0.125. The number of Topliss-reactive ketones (excluding diaryl/α,β-unsaturated/α-hetero) is 1. The zero-order valence-electron chi connectivity index (χ0n) is 17.3. The summed E-state index contributed by atoms with van der Waals surface area (Å²) < 4.78 is 1.57. The summed E-state index contributed by atoms with van der Waals surface area (Å²) in [5, 5.41) is 3.78. The van der Waals surface area contributed by atoms with Gasteiger partial charge < -0.3 is 5.32 Å². The van der Waals surface area contributed by atoms with Gasteiger partial charge in [-0.3, -0.25) is 23.9 Å². The van der Waals surface area contributed by atoms with Crippen molar-refractivity contribution in [3.63, 3.8) is 0 Å². The van der Waals surface area contributed by atoms with Crippen molar-refractivity contribution < 1.29 is 9.59 Å². The third-order valence-electron chi connectivity index (χ3n) is 4.80. The number of carbonyl (C=O) groups excluding carboxylic acids is 2. The predicted molar refractivity (Wildman–Crippen MR) is 125 cm³/mol. The highest BCUT2D eigenvalue weighted by Crippen LogP contribution is 2.19. The van der Waals surface area contributed by atoms with Gasteiger partial charge in [-0.05, 0) is 55.0 Å². The lowest BCUT2D eigenvalue weighted by Gasteiger charge is -2.13. The van der Waals surface area contributed by atoms with E-state index in [-0.39, 0.29) is 23.0 Å². The number of para-hydroxylation sites is 1. The number of anilines is 1. The molecule has 0 aliphatic carbocycles. The number of carbonyl (C=O) groups is 2. The van der Waals surface area contributed by atoms with Crippen molar-refractivity contribution in [3.8, 4) is 0 Å². The van der Waals surface area contributed by atoms with Crippen LogP contribution in [-0.4, -0.2) is 32.0 Å². The molecule has 32 heavy (non-hydrogen) atoms. The zero-order valence-corrected chi connectivity index (χ0v) is 18.1. The Morgan fingerprint density at radius 3 is 2.53 bits per heavy atom. The first-order valence-electron chi connectivity index (χ1n) is 9.93. The van der Waals surface area contributed by atoms with E-state index >= 15 is 0 Å². The number of aromatic nitrogens is 3. The Kier molecular flexibility index (Phi) is 6.42. The number of pyridine rings is 1. The van der Waals surface area contributed by atoms with E-state index in [1.807, 2.05) is 18.2 Å². The van der Waals surface area contributed by atoms with Crippen LogP contribution in [0.5, 0.6) is 0 Å². The average molecular weight is 445 g/mol. The highest BCUT2D eigenvalue weighted by atomic mass is 32.2. The second kappa shape index (κ2) is 9.57. The van der Waals surface area contributed by atoms with Crippen molar-refractivity contribution in [1.82, 2.24) is 14.5 Å². The van der Waals surface area contributed by atoms with E-state index < -0.39 is 0 Å². The largest absolute Gasteiger partial charge is 0.325 e. The Morgan fingerprint density at radius 1 is 1.03 bits per heavy atom. The summed E-state index contributed by atoms with van der Waals surface area (Å²) >= 11 is 1.20. The van der Waals surface area contributed by atoms with Crippen LogP contribution in [0.15, 0.2) is 83.0 Å². The lowest BCUT2D eigenvalue weighted by Crippen LogP contribution is -2.25. The summed E-state index contributed by atoms with van der Waals surface area (Å²) in [6, 6.07) is 17.6. The van der Waals surface area contributed by atoms with Gasteiger partial charge in [0.25, 0.3) is 5.56 Å². The number of benzene rings is 2. The van der Waals surface area contributed by atoms with Crippen molar-refractivity contribution in [2.45, 2.75) is 18.6 Å². The molecule has 8 heteroatoms. The maximum absolute atomic E-state index is 13.1. The van der Waals surface area contributed by atoms with Gasteiger partial charge in [0.15, 0.2) is 10.9 Å². The quantitative estimate of drug-likeness (QED) is 0.265. The van der Waals surface area contributed by atoms with Crippen LogP contribution in [0.2, 0.25) is 0 Å². The molecule has 160 valence electrons. The topological polar surface area (TPSA) is 94.0 Å². The molecule has 1 amide bonds. The number of nitrogens with one attached hydrogen (secondary N) is 1. The van der Waals surface area contributed by atoms with Gasteiger partial charge in [-0.15, -0.1) is 0 Å². The van der Waals surface area contributed by atoms with E-state index in [1.54, 1.807) is 59.4 Å². The van der Waals surface area contributed by atoms with Crippen LogP contribution in [0.3, 0.4) is 0 Å². The van der Waals surface area contributed by atoms with E-state index in [0.29, 0.717) is 33.9 Å². The van der Waals surface area contributed by atoms with Crippen LogP contribution >= 0.6 is 11.8 Å². The van der Waals surface area contributed by atoms with E-state index in [9.17, 15) is 14.4 Å². The highest BCUT2D eigenvalue weighted by molar-refractivity contribution is 7.99. The lowest BCUT2D eigenvalue weighted by molar-refractivity contribution is -0.113. The fourth-order valence-electron chi connectivity index (χ4n) is 3.19. The Bertz CT molecular complexity index is 1340. The molecule has 0 saturated carbocycles. The minimum Gasteiger partial charge on any atom is -0.325 e. The number of rotatable bonds is 7. The van der Waals surface area contributed by atoms with Crippen LogP contribution in [0.4, 0.5) is 5.69 Å². The van der Waals surface area contributed by atoms with Crippen molar-refractivity contribution in [3.05, 3.63) is 94.5 Å². The Labute approximate surface area is 188 Å². The van der Waals surface area contributed by atoms with Gasteiger partial charge in [-0.1, -0.05) is 30.0 Å². The Balaban J connectivity index is 1.56. The molecule has 0 atom stereocenters. The SMILES string of the molecule is CC(=O)c1ccc(NC(=O)CSc2nc3ccccc3c(=O)n2Cc2cccnc2)cc1. The van der Waals surface area contributed by atoms with Crippen LogP contribution in [-0.2, 0) is 11.3 Å². The first kappa shape index (κ1) is 21.5. The summed E-state index contributed by atoms with van der Waals surface area (Å²) in [6.45, 7) is 1.80. The Morgan fingerprint density at radius 2 is 1.81 bits per heavy atom. The molecule has 0 bridgehead atoms. The van der Waals surface area contributed by atoms with Crippen molar-refractivity contribution in [1.29, 1.82) is 0 Å². The third kappa shape index (κ3) is 4.92. The van der Waals surface area contributed by atoms with Gasteiger partial charge >= 0.3 is 0 Å². The van der Waals surface area contributed by atoms with Crippen molar-refractivity contribution >= 4 is 40.0 Å². The van der Waals surface area contributed by atoms with Gasteiger partial charge in [0.05, 0.1) is 23.2 Å². The number of ketones is 1. The van der Waals surface area contributed by atoms with Crippen LogP contribution in [0.25, 0.3) is 10.9 Å². The maximum atomic E-state index is 13.1. The Hall–Kier alpha value is -3.78. The molecule has 0 spiro atoms. The second-order valence-corrected chi connectivity index (χ2v) is 8.08. The summed E-state index contributed by atoms with van der Waals surface area (Å²) in [4.78, 5) is 45.8. The van der Waals surface area contributed by atoms with Gasteiger partial charge in [0, 0.05) is 23.6 Å². The van der Waals surface area contributed by atoms with E-state index in [4.69, 9.17) is 0 Å². The molecule has 1 N–H and O–H groups in total. The molecule has 0 aliphatic heterocycles. The van der Waals surface area contributed by atoms with Crippen LogP contribution in [0.1, 0.15) is 22.8 Å². The molecule has 4 aromatic rings. The number of hydrogen-bond donors (Lipinski definition) is 1.